The van der Waals surface area contributed by atoms with Crippen LogP contribution < -0.4 is 9.62 Å². The molecule has 33 heavy (non-hydrogen) atoms. The topological polar surface area (TPSA) is 133 Å². The average molecular weight is 465 g/mol. The summed E-state index contributed by atoms with van der Waals surface area (Å²) in [6.45, 7) is 1.39. The van der Waals surface area contributed by atoms with E-state index in [1.807, 2.05) is 11.0 Å². The standard InChI is InChI=1S/C22H19N5O5S/c1-2-8-24-33(29,30)17-6-3-5-16(14-17)21(28)26-9-11-27(12-10-26)22-18(15-23)25-20(32-22)19-7-4-13-31-19/h1,3-7,13-14,24H,8-12H2. The molecule has 168 valence electrons. The summed E-state index contributed by atoms with van der Waals surface area (Å²) >= 11 is 0. The number of benzene rings is 1. The second kappa shape index (κ2) is 9.20. The van der Waals surface area contributed by atoms with Crippen LogP contribution in [0, 0.1) is 23.7 Å². The van der Waals surface area contributed by atoms with Gasteiger partial charge in [0.1, 0.15) is 6.07 Å². The molecule has 0 atom stereocenters. The Balaban J connectivity index is 1.46. The van der Waals surface area contributed by atoms with Crippen LogP contribution in [0.15, 0.2) is 56.4 Å². The molecule has 0 spiro atoms. The molecule has 11 heteroatoms. The minimum Gasteiger partial charge on any atom is -0.459 e. The molecular weight excluding hydrogens is 446 g/mol. The second-order valence-corrected chi connectivity index (χ2v) is 8.86. The molecule has 1 N–H and O–H groups in total. The molecule has 3 heterocycles. The van der Waals surface area contributed by atoms with Crippen LogP contribution in [-0.2, 0) is 10.0 Å². The van der Waals surface area contributed by atoms with Crippen molar-refractivity contribution in [3.05, 3.63) is 53.9 Å². The lowest BCUT2D eigenvalue weighted by Gasteiger charge is -2.34. The summed E-state index contributed by atoms with van der Waals surface area (Å²) < 4.78 is 37.9. The Morgan fingerprint density at radius 3 is 2.67 bits per heavy atom. The number of aromatic nitrogens is 1. The van der Waals surface area contributed by atoms with Gasteiger partial charge in [-0.1, -0.05) is 12.0 Å². The zero-order chi connectivity index (χ0) is 23.4. The zero-order valence-corrected chi connectivity index (χ0v) is 18.2. The van der Waals surface area contributed by atoms with Crippen LogP contribution in [-0.4, -0.2) is 56.9 Å². The van der Waals surface area contributed by atoms with Gasteiger partial charge >= 0.3 is 0 Å². The number of carbonyl (C=O) groups excluding carboxylic acids is 1. The number of amides is 1. The highest BCUT2D eigenvalue weighted by molar-refractivity contribution is 7.89. The Labute approximate surface area is 190 Å². The van der Waals surface area contributed by atoms with Crippen molar-refractivity contribution >= 4 is 21.8 Å². The van der Waals surface area contributed by atoms with E-state index in [0.29, 0.717) is 37.8 Å². The molecule has 2 aromatic heterocycles. The van der Waals surface area contributed by atoms with Crippen molar-refractivity contribution in [1.82, 2.24) is 14.6 Å². The number of sulfonamides is 1. The normalized spacial score (nSPS) is 14.0. The number of oxazole rings is 1. The van der Waals surface area contributed by atoms with E-state index in [0.717, 1.165) is 0 Å². The number of nitrogens with one attached hydrogen (secondary N) is 1. The van der Waals surface area contributed by atoms with Crippen molar-refractivity contribution in [3.8, 4) is 30.1 Å². The third-order valence-corrected chi connectivity index (χ3v) is 6.46. The summed E-state index contributed by atoms with van der Waals surface area (Å²) in [5.41, 5.74) is 0.392. The van der Waals surface area contributed by atoms with Crippen molar-refractivity contribution in [1.29, 1.82) is 5.26 Å². The lowest BCUT2D eigenvalue weighted by Crippen LogP contribution is -2.49. The molecule has 1 aliphatic rings. The summed E-state index contributed by atoms with van der Waals surface area (Å²) in [6.07, 6.45) is 6.60. The largest absolute Gasteiger partial charge is 0.459 e. The second-order valence-electron chi connectivity index (χ2n) is 7.10. The van der Waals surface area contributed by atoms with Gasteiger partial charge in [0.2, 0.25) is 21.6 Å². The molecule has 0 unspecified atom stereocenters. The van der Waals surface area contributed by atoms with Gasteiger partial charge in [0, 0.05) is 31.7 Å². The maximum Gasteiger partial charge on any atom is 0.266 e. The van der Waals surface area contributed by atoms with Gasteiger partial charge in [0.25, 0.3) is 11.8 Å². The molecule has 1 saturated heterocycles. The van der Waals surface area contributed by atoms with Gasteiger partial charge in [-0.2, -0.15) is 15.0 Å². The summed E-state index contributed by atoms with van der Waals surface area (Å²) in [7, 11) is -3.81. The smallest absolute Gasteiger partial charge is 0.266 e. The molecule has 1 amide bonds. The Morgan fingerprint density at radius 1 is 1.21 bits per heavy atom. The van der Waals surface area contributed by atoms with Crippen LogP contribution in [0.4, 0.5) is 5.88 Å². The lowest BCUT2D eigenvalue weighted by atomic mass is 10.2. The molecule has 1 aromatic carbocycles. The van der Waals surface area contributed by atoms with Gasteiger partial charge in [-0.15, -0.1) is 6.42 Å². The Bertz CT molecular complexity index is 1340. The van der Waals surface area contributed by atoms with E-state index in [4.69, 9.17) is 15.3 Å². The van der Waals surface area contributed by atoms with E-state index < -0.39 is 10.0 Å². The van der Waals surface area contributed by atoms with E-state index in [9.17, 15) is 18.5 Å². The SMILES string of the molecule is C#CCNS(=O)(=O)c1cccc(C(=O)N2CCN(c3oc(-c4ccco4)nc3C#N)CC2)c1. The van der Waals surface area contributed by atoms with Gasteiger partial charge in [-0.05, 0) is 30.3 Å². The average Bonchev–Trinajstić information content (AvgIpc) is 3.52. The number of hydrogen-bond donors (Lipinski definition) is 1. The Kier molecular flexibility index (Phi) is 6.18. The van der Waals surface area contributed by atoms with Crippen LogP contribution in [0.3, 0.4) is 0 Å². The van der Waals surface area contributed by atoms with Crippen LogP contribution >= 0.6 is 0 Å². The fourth-order valence-electron chi connectivity index (χ4n) is 3.42. The molecule has 1 fully saturated rings. The van der Waals surface area contributed by atoms with Crippen LogP contribution in [0.1, 0.15) is 16.1 Å². The highest BCUT2D eigenvalue weighted by Crippen LogP contribution is 2.29. The highest BCUT2D eigenvalue weighted by atomic mass is 32.2. The lowest BCUT2D eigenvalue weighted by molar-refractivity contribution is 0.0745. The summed E-state index contributed by atoms with van der Waals surface area (Å²) in [4.78, 5) is 20.6. The van der Waals surface area contributed by atoms with Gasteiger partial charge < -0.3 is 18.6 Å². The predicted molar refractivity (Wildman–Crippen MR) is 118 cm³/mol. The number of hydrogen-bond acceptors (Lipinski definition) is 8. The maximum absolute atomic E-state index is 13.0. The van der Waals surface area contributed by atoms with E-state index >= 15 is 0 Å². The number of terminal acetylenes is 1. The Morgan fingerprint density at radius 2 is 2.00 bits per heavy atom. The summed E-state index contributed by atoms with van der Waals surface area (Å²) in [5.74, 6) is 2.86. The third-order valence-electron chi connectivity index (χ3n) is 5.06. The first-order chi connectivity index (χ1) is 15.9. The fraction of sp³-hybridized carbons (Fsp3) is 0.227. The van der Waals surface area contributed by atoms with Crippen molar-refractivity contribution in [2.75, 3.05) is 37.6 Å². The number of piperazine rings is 1. The molecule has 0 aliphatic carbocycles. The predicted octanol–water partition coefficient (Wildman–Crippen LogP) is 1.68. The van der Waals surface area contributed by atoms with Crippen molar-refractivity contribution in [2.45, 2.75) is 4.90 Å². The quantitative estimate of drug-likeness (QED) is 0.544. The van der Waals surface area contributed by atoms with Crippen molar-refractivity contribution in [3.63, 3.8) is 0 Å². The van der Waals surface area contributed by atoms with Crippen LogP contribution in [0.5, 0.6) is 0 Å². The number of carbonyl (C=O) groups is 1. The summed E-state index contributed by atoms with van der Waals surface area (Å²) in [5, 5.41) is 9.44. The fourth-order valence-corrected chi connectivity index (χ4v) is 4.40. The maximum atomic E-state index is 13.0. The number of anilines is 1. The highest BCUT2D eigenvalue weighted by Gasteiger charge is 2.28. The molecule has 1 aliphatic heterocycles. The van der Waals surface area contributed by atoms with Gasteiger partial charge in [0.15, 0.2) is 5.76 Å². The summed E-state index contributed by atoms with van der Waals surface area (Å²) in [6, 6.07) is 11.2. The molecule has 0 saturated carbocycles. The van der Waals surface area contributed by atoms with Gasteiger partial charge in [-0.3, -0.25) is 4.79 Å². The minimum atomic E-state index is -3.81. The number of rotatable bonds is 6. The van der Waals surface area contributed by atoms with E-state index in [-0.39, 0.29) is 34.5 Å². The third kappa shape index (κ3) is 4.60. The number of nitrogens with zero attached hydrogens (tertiary/aromatic N) is 4. The molecular formula is C22H19N5O5S. The first-order valence-electron chi connectivity index (χ1n) is 9.95. The molecule has 4 rings (SSSR count). The van der Waals surface area contributed by atoms with Crippen LogP contribution in [0.2, 0.25) is 0 Å². The van der Waals surface area contributed by atoms with Gasteiger partial charge in [-0.25, -0.2) is 8.42 Å². The Hall–Kier alpha value is -4.06. The van der Waals surface area contributed by atoms with E-state index in [1.165, 1.54) is 24.5 Å². The zero-order valence-electron chi connectivity index (χ0n) is 17.4. The minimum absolute atomic E-state index is 0.0342. The first kappa shape index (κ1) is 22.1. The van der Waals surface area contributed by atoms with Crippen molar-refractivity contribution < 1.29 is 22.0 Å². The number of nitriles is 1. The monoisotopic (exact) mass is 465 g/mol. The first-order valence-corrected chi connectivity index (χ1v) is 11.4. The van der Waals surface area contributed by atoms with Crippen LogP contribution in [0.25, 0.3) is 11.7 Å². The molecule has 0 bridgehead atoms. The number of furan rings is 1. The molecule has 3 aromatic rings. The van der Waals surface area contributed by atoms with E-state index in [2.05, 4.69) is 15.6 Å². The van der Waals surface area contributed by atoms with Gasteiger partial charge in [0.05, 0.1) is 17.7 Å². The molecule has 10 nitrogen and oxygen atoms in total. The van der Waals surface area contributed by atoms with Crippen molar-refractivity contribution in [2.24, 2.45) is 0 Å². The molecule has 0 radical (unpaired) electrons. The van der Waals surface area contributed by atoms with E-state index in [1.54, 1.807) is 23.1 Å².